The summed E-state index contributed by atoms with van der Waals surface area (Å²) in [5.41, 5.74) is 9.74. The minimum absolute atomic E-state index is 0.0525. The van der Waals surface area contributed by atoms with Gasteiger partial charge in [-0.3, -0.25) is 9.88 Å². The molecule has 2 fully saturated rings. The highest BCUT2D eigenvalue weighted by molar-refractivity contribution is 6.32. The van der Waals surface area contributed by atoms with E-state index in [4.69, 9.17) is 78.9 Å². The van der Waals surface area contributed by atoms with E-state index in [1.54, 1.807) is 19.2 Å². The molecule has 1 spiro atoms. The molecule has 7 N–H and O–H groups in total. The lowest BCUT2D eigenvalue weighted by Crippen LogP contribution is -2.64. The first-order chi connectivity index (χ1) is 45.3. The summed E-state index contributed by atoms with van der Waals surface area (Å²) >= 11 is 18.8. The minimum Gasteiger partial charge on any atom is -0.507 e. The second-order valence-corrected chi connectivity index (χ2v) is 26.5. The molecule has 1 aromatic heterocycles. The van der Waals surface area contributed by atoms with Crippen molar-refractivity contribution in [3.8, 4) is 34.5 Å². The Labute approximate surface area is 573 Å². The van der Waals surface area contributed by atoms with E-state index >= 15 is 0 Å². The monoisotopic (exact) mass is 1370 g/mol. The number of carboxylic acids is 2. The lowest BCUT2D eigenvalue weighted by molar-refractivity contribution is -0.134. The molecule has 95 heavy (non-hydrogen) atoms. The Bertz CT molecular complexity index is 3480. The summed E-state index contributed by atoms with van der Waals surface area (Å²) in [6, 6.07) is 29.8. The van der Waals surface area contributed by atoms with Crippen LogP contribution in [0.4, 0.5) is 0 Å². The summed E-state index contributed by atoms with van der Waals surface area (Å²) in [5, 5.41) is 67.7. The van der Waals surface area contributed by atoms with Crippen LogP contribution in [0.5, 0.6) is 34.5 Å². The number of halogens is 3. The van der Waals surface area contributed by atoms with E-state index in [-0.39, 0.29) is 48.1 Å². The maximum Gasteiger partial charge on any atom is 0.328 e. The third-order valence-corrected chi connectivity index (χ3v) is 19.1. The molecule has 5 aliphatic rings. The van der Waals surface area contributed by atoms with Crippen molar-refractivity contribution in [2.45, 2.75) is 115 Å². The molecule has 18 nitrogen and oxygen atoms in total. The number of hydrogen-bond donors (Lipinski definition) is 7. The van der Waals surface area contributed by atoms with Crippen LogP contribution in [0, 0.1) is 19.8 Å². The van der Waals surface area contributed by atoms with E-state index in [9.17, 15) is 24.9 Å². The average molecular weight is 1370 g/mol. The van der Waals surface area contributed by atoms with E-state index in [1.165, 1.54) is 16.7 Å². The van der Waals surface area contributed by atoms with Gasteiger partial charge in [-0.15, -0.1) is 0 Å². The number of aromatic hydroxyl groups is 2. The third-order valence-electron chi connectivity index (χ3n) is 18.1. The van der Waals surface area contributed by atoms with Crippen molar-refractivity contribution < 1.29 is 69.0 Å². The van der Waals surface area contributed by atoms with Crippen LogP contribution >= 0.6 is 34.8 Å². The van der Waals surface area contributed by atoms with Crippen LogP contribution in [0.3, 0.4) is 0 Å². The van der Waals surface area contributed by atoms with Gasteiger partial charge in [-0.05, 0) is 167 Å². The van der Waals surface area contributed by atoms with Crippen molar-refractivity contribution >= 4 is 46.7 Å². The number of benzene rings is 5. The number of pyridine rings is 1. The van der Waals surface area contributed by atoms with Gasteiger partial charge in [-0.25, -0.2) is 9.59 Å². The minimum atomic E-state index is -1.26. The zero-order valence-corrected chi connectivity index (χ0v) is 58.2. The quantitative estimate of drug-likeness (QED) is 0.0277. The van der Waals surface area contributed by atoms with Crippen LogP contribution in [-0.4, -0.2) is 186 Å². The van der Waals surface area contributed by atoms with Crippen LogP contribution in [-0.2, 0) is 32.6 Å². The van der Waals surface area contributed by atoms with Crippen molar-refractivity contribution in [1.82, 2.24) is 19.7 Å². The van der Waals surface area contributed by atoms with Crippen molar-refractivity contribution in [1.29, 1.82) is 0 Å². The number of para-hydroxylation sites is 2. The molecule has 0 radical (unpaired) electrons. The van der Waals surface area contributed by atoms with Gasteiger partial charge in [0.25, 0.3) is 0 Å². The molecule has 3 aliphatic heterocycles. The SMILES string of the molecule is CN(C)CCC(c1ccc(Cl)cc1)c1ccccn1.CN1CC[C@]23c4c5ccc(OCCN6CCOCC6)c4O[C@H]2[C@@H](O)C=C[C@H]3[C@H]1C5.COc1ccccc1OCC(O)CO.Cc1c(Cl)cc(C(C)C)c(O)c1Cc1c(C)c(Cl)cc(C(C)C)c1O.O=C(O)/C=C\C(=O)O. The number of aliphatic carboxylic acids is 2. The Morgan fingerprint density at radius 3 is 1.95 bits per heavy atom. The number of nitrogens with zero attached hydrogens (tertiary/aromatic N) is 4. The lowest BCUT2D eigenvalue weighted by atomic mass is 9.53. The number of piperidine rings is 1. The van der Waals surface area contributed by atoms with Crippen LogP contribution in [0.1, 0.15) is 114 Å². The van der Waals surface area contributed by atoms with Gasteiger partial charge in [0.05, 0.1) is 26.9 Å². The molecule has 2 aliphatic carbocycles. The second kappa shape index (κ2) is 35.3. The molecule has 2 saturated heterocycles. The van der Waals surface area contributed by atoms with Gasteiger partial charge in [-0.1, -0.05) is 111 Å². The predicted octanol–water partition coefficient (Wildman–Crippen LogP) is 12.0. The number of phenolic OH excluding ortho intramolecular Hbond substituents is 2. The summed E-state index contributed by atoms with van der Waals surface area (Å²) < 4.78 is 28.5. The summed E-state index contributed by atoms with van der Waals surface area (Å²) in [4.78, 5) is 30.7. The number of aliphatic hydroxyl groups excluding tert-OH is 3. The number of hydrogen-bond acceptors (Lipinski definition) is 16. The number of ether oxygens (including phenoxy) is 5. The van der Waals surface area contributed by atoms with Gasteiger partial charge in [0, 0.05) is 105 Å². The smallest absolute Gasteiger partial charge is 0.328 e. The van der Waals surface area contributed by atoms with Gasteiger partial charge in [0.15, 0.2) is 23.0 Å². The Hall–Kier alpha value is -6.94. The zero-order chi connectivity index (χ0) is 69.3. The Morgan fingerprint density at radius 1 is 0.800 bits per heavy atom. The number of likely N-dealkylation sites (tertiary alicyclic amines) is 1. The number of carbonyl (C=O) groups is 2. The van der Waals surface area contributed by atoms with E-state index in [0.717, 1.165) is 121 Å². The lowest BCUT2D eigenvalue weighted by Gasteiger charge is -2.56. The fraction of sp³-hybridized carbons (Fsp3) is 0.446. The first-order valence-electron chi connectivity index (χ1n) is 32.1. The third kappa shape index (κ3) is 19.2. The summed E-state index contributed by atoms with van der Waals surface area (Å²) in [5.74, 6) is 1.90. The number of morpholine rings is 1. The van der Waals surface area contributed by atoms with Crippen LogP contribution in [0.15, 0.2) is 121 Å². The van der Waals surface area contributed by atoms with Crippen molar-refractivity contribution in [3.05, 3.63) is 192 Å². The number of carboxylic acid groups (broad SMARTS) is 2. The maximum atomic E-state index is 10.8. The number of aromatic nitrogens is 1. The molecule has 5 aromatic carbocycles. The first kappa shape index (κ1) is 75.4. The van der Waals surface area contributed by atoms with Crippen LogP contribution in [0.2, 0.25) is 15.1 Å². The Morgan fingerprint density at radius 2 is 1.40 bits per heavy atom. The van der Waals surface area contributed by atoms with Crippen LogP contribution in [0.25, 0.3) is 0 Å². The van der Waals surface area contributed by atoms with Gasteiger partial charge < -0.3 is 69.2 Å². The van der Waals surface area contributed by atoms with E-state index in [0.29, 0.717) is 64.6 Å². The molecule has 514 valence electrons. The highest BCUT2D eigenvalue weighted by Crippen LogP contribution is 2.62. The first-order valence-corrected chi connectivity index (χ1v) is 33.3. The summed E-state index contributed by atoms with van der Waals surface area (Å²) in [6.45, 7) is 18.8. The molecular weight excluding hydrogens is 1280 g/mol. The highest BCUT2D eigenvalue weighted by atomic mass is 35.5. The van der Waals surface area contributed by atoms with E-state index in [2.05, 4.69) is 77.2 Å². The molecule has 0 saturated carbocycles. The molecule has 21 heteroatoms. The van der Waals surface area contributed by atoms with E-state index < -0.39 is 24.1 Å². The second-order valence-electron chi connectivity index (χ2n) is 25.3. The number of aliphatic hydroxyl groups is 3. The number of likely N-dealkylation sites (N-methyl/N-ethyl adjacent to an activating group) is 1. The molecule has 2 bridgehead atoms. The fourth-order valence-electron chi connectivity index (χ4n) is 12.8. The molecule has 11 rings (SSSR count). The van der Waals surface area contributed by atoms with Crippen molar-refractivity contribution in [3.63, 3.8) is 0 Å². The standard InChI is InChI=1S/C23H30N2O4.C21H26Cl2O2.C16H19ClN2.C10H14O4.C4H4O4/c1-24-7-6-23-16-3-4-18(26)22(23)29-21-19(5-2-15(20(21)23)14-17(16)24)28-13-10-25-8-11-27-12-9-25;1-10(2)14-8-18(22)12(5)16(20(14)24)7-17-13(6)19(23)9-15(11(3)4)21(17)25;1-19(2)12-10-15(16-5-3-4-11-18-16)13-6-8-14(17)9-7-13;1-13-9-4-2-3-5-10(9)14-7-8(12)6-11;5-3(6)1-2-4(7)8/h2-5,16-18,22,26H,6-14H2,1H3;8-11,24-25H,7H2,1-6H3;3-9,11,15H,10,12H2,1-2H3;2-5,8,11-12H,6-7H2,1H3;1-2H,(H,5,6)(H,7,8)/b;;;;2-1-/t16-,17+,18-,22-,23-;;;;/m0..../s1. The molecule has 6 aromatic rings. The average Bonchev–Trinajstić information content (AvgIpc) is 1.57. The van der Waals surface area contributed by atoms with Gasteiger partial charge in [-0.2, -0.15) is 0 Å². The fourth-order valence-corrected chi connectivity index (χ4v) is 13.4. The molecular formula is C74H93Cl3N4O14. The van der Waals surface area contributed by atoms with Gasteiger partial charge in [0.2, 0.25) is 0 Å². The normalized spacial score (nSPS) is 19.7. The molecule has 7 atom stereocenters. The summed E-state index contributed by atoms with van der Waals surface area (Å²) in [6.07, 6.45) is 9.05. The van der Waals surface area contributed by atoms with Crippen molar-refractivity contribution in [2.24, 2.45) is 5.92 Å². The zero-order valence-electron chi connectivity index (χ0n) is 56.0. The Kier molecular flexibility index (Phi) is 28.1. The topological polar surface area (TPSA) is 245 Å². The highest BCUT2D eigenvalue weighted by Gasteiger charge is 2.64. The van der Waals surface area contributed by atoms with Gasteiger partial charge in [0.1, 0.15) is 43.0 Å². The van der Waals surface area contributed by atoms with Crippen LogP contribution < -0.4 is 18.9 Å². The summed E-state index contributed by atoms with van der Waals surface area (Å²) in [7, 11) is 7.97. The Balaban J connectivity index is 0.000000177. The number of rotatable bonds is 20. The van der Waals surface area contributed by atoms with Gasteiger partial charge >= 0.3 is 11.9 Å². The predicted molar refractivity (Wildman–Crippen MR) is 372 cm³/mol. The molecule has 2 unspecified atom stereocenters. The number of phenols is 2. The van der Waals surface area contributed by atoms with Crippen molar-refractivity contribution in [2.75, 3.05) is 94.0 Å². The number of methoxy groups -OCH3 is 1. The maximum absolute atomic E-state index is 10.8. The largest absolute Gasteiger partial charge is 0.507 e. The molecule has 4 heterocycles. The molecule has 0 amide bonds. The van der Waals surface area contributed by atoms with E-state index in [1.807, 2.05) is 102 Å².